The fourth-order valence-corrected chi connectivity index (χ4v) is 2.95. The Hall–Kier alpha value is -1.03. The molecule has 1 saturated heterocycles. The molecular formula is C15H27N3O. The zero-order valence-corrected chi connectivity index (χ0v) is 12.3. The number of hydrogen-bond acceptors (Lipinski definition) is 2. The normalized spacial score (nSPS) is 27.6. The Morgan fingerprint density at radius 2 is 2.21 bits per heavy atom. The highest BCUT2D eigenvalue weighted by atomic mass is 16.2. The third-order valence-corrected chi connectivity index (χ3v) is 4.33. The predicted octanol–water partition coefficient (Wildman–Crippen LogP) is 2.08. The van der Waals surface area contributed by atoms with E-state index in [0.717, 1.165) is 38.9 Å². The van der Waals surface area contributed by atoms with Crippen LogP contribution in [0, 0.1) is 5.92 Å². The van der Waals surface area contributed by atoms with Crippen molar-refractivity contribution in [3.8, 4) is 0 Å². The molecule has 0 spiro atoms. The van der Waals surface area contributed by atoms with Gasteiger partial charge in [0.25, 0.3) is 0 Å². The quantitative estimate of drug-likeness (QED) is 0.793. The number of amides is 2. The van der Waals surface area contributed by atoms with E-state index in [0.29, 0.717) is 12.0 Å². The fourth-order valence-electron chi connectivity index (χ4n) is 2.95. The van der Waals surface area contributed by atoms with Crippen LogP contribution in [-0.4, -0.2) is 55.6 Å². The summed E-state index contributed by atoms with van der Waals surface area (Å²) in [4.78, 5) is 16.4. The molecule has 2 aliphatic rings. The summed E-state index contributed by atoms with van der Waals surface area (Å²) in [6, 6.07) is 0.637. The lowest BCUT2D eigenvalue weighted by molar-refractivity contribution is 0.139. The lowest BCUT2D eigenvalue weighted by Crippen LogP contribution is -2.51. The lowest BCUT2D eigenvalue weighted by Gasteiger charge is -2.36. The molecule has 0 aromatic carbocycles. The van der Waals surface area contributed by atoms with Crippen LogP contribution in [0.25, 0.3) is 0 Å². The van der Waals surface area contributed by atoms with Crippen molar-refractivity contribution in [3.05, 3.63) is 12.2 Å². The van der Waals surface area contributed by atoms with E-state index in [1.54, 1.807) is 0 Å². The van der Waals surface area contributed by atoms with E-state index in [1.165, 1.54) is 12.8 Å². The molecule has 108 valence electrons. The first kappa shape index (κ1) is 14.4. The Bertz CT molecular complexity index is 327. The summed E-state index contributed by atoms with van der Waals surface area (Å²) in [7, 11) is 4.20. The Balaban J connectivity index is 1.74. The Kier molecular flexibility index (Phi) is 5.25. The summed E-state index contributed by atoms with van der Waals surface area (Å²) in [6.07, 6.45) is 10.3. The van der Waals surface area contributed by atoms with Crippen molar-refractivity contribution in [1.82, 2.24) is 15.1 Å². The first-order valence-corrected chi connectivity index (χ1v) is 7.51. The Morgan fingerprint density at radius 1 is 1.37 bits per heavy atom. The third-order valence-electron chi connectivity index (χ3n) is 4.33. The third kappa shape index (κ3) is 4.23. The number of urea groups is 1. The topological polar surface area (TPSA) is 35.6 Å². The summed E-state index contributed by atoms with van der Waals surface area (Å²) in [5.74, 6) is 0.628. The molecule has 1 heterocycles. The number of likely N-dealkylation sites (N-methyl/N-ethyl adjacent to an activating group) is 1. The van der Waals surface area contributed by atoms with Gasteiger partial charge in [-0.15, -0.1) is 0 Å². The highest BCUT2D eigenvalue weighted by Crippen LogP contribution is 2.17. The fraction of sp³-hybridized carbons (Fsp3) is 0.800. The standard InChI is InChI=1S/C15H27N3O/c1-17(2)14-9-6-10-18(12-14)15(19)16-11-13-7-4-3-5-8-13/h3-4,13-14H,5-12H2,1-2H3,(H,16,19). The molecule has 4 heteroatoms. The smallest absolute Gasteiger partial charge is 0.317 e. The number of rotatable bonds is 3. The van der Waals surface area contributed by atoms with E-state index in [4.69, 9.17) is 0 Å². The molecule has 0 saturated carbocycles. The molecular weight excluding hydrogens is 238 g/mol. The summed E-state index contributed by atoms with van der Waals surface area (Å²) < 4.78 is 0. The van der Waals surface area contributed by atoms with Crippen molar-refractivity contribution in [2.75, 3.05) is 33.7 Å². The first-order chi connectivity index (χ1) is 9.16. The monoisotopic (exact) mass is 265 g/mol. The molecule has 1 fully saturated rings. The van der Waals surface area contributed by atoms with Crippen molar-refractivity contribution in [2.45, 2.75) is 38.1 Å². The summed E-state index contributed by atoms with van der Waals surface area (Å²) in [5.41, 5.74) is 0. The molecule has 0 radical (unpaired) electrons. The SMILES string of the molecule is CN(C)C1CCCN(C(=O)NCC2CC=CCC2)C1. The molecule has 2 unspecified atom stereocenters. The van der Waals surface area contributed by atoms with Crippen molar-refractivity contribution in [3.63, 3.8) is 0 Å². The molecule has 4 nitrogen and oxygen atoms in total. The van der Waals surface area contributed by atoms with Gasteiger partial charge in [0.15, 0.2) is 0 Å². The second-order valence-corrected chi connectivity index (χ2v) is 6.04. The number of nitrogens with one attached hydrogen (secondary N) is 1. The van der Waals surface area contributed by atoms with Crippen LogP contribution in [0.2, 0.25) is 0 Å². The minimum Gasteiger partial charge on any atom is -0.338 e. The molecule has 2 amide bonds. The van der Waals surface area contributed by atoms with E-state index in [1.807, 2.05) is 4.90 Å². The van der Waals surface area contributed by atoms with Crippen molar-refractivity contribution >= 4 is 6.03 Å². The van der Waals surface area contributed by atoms with Gasteiger partial charge < -0.3 is 15.1 Å². The van der Waals surface area contributed by atoms with Crippen LogP contribution in [-0.2, 0) is 0 Å². The van der Waals surface area contributed by atoms with E-state index in [-0.39, 0.29) is 6.03 Å². The van der Waals surface area contributed by atoms with Gasteiger partial charge in [-0.2, -0.15) is 0 Å². The maximum absolute atomic E-state index is 12.2. The van der Waals surface area contributed by atoms with Gasteiger partial charge in [-0.3, -0.25) is 0 Å². The van der Waals surface area contributed by atoms with E-state index in [9.17, 15) is 4.79 Å². The number of carbonyl (C=O) groups is 1. The zero-order valence-electron chi connectivity index (χ0n) is 12.3. The number of piperidine rings is 1. The minimum atomic E-state index is 0.126. The van der Waals surface area contributed by atoms with Gasteiger partial charge in [0.2, 0.25) is 0 Å². The lowest BCUT2D eigenvalue weighted by atomic mass is 9.94. The number of nitrogens with zero attached hydrogens (tertiary/aromatic N) is 2. The van der Waals surface area contributed by atoms with Crippen LogP contribution in [0.4, 0.5) is 4.79 Å². The van der Waals surface area contributed by atoms with Crippen LogP contribution >= 0.6 is 0 Å². The number of allylic oxidation sites excluding steroid dienone is 2. The molecule has 0 bridgehead atoms. The summed E-state index contributed by atoms with van der Waals surface area (Å²) in [6.45, 7) is 2.59. The average molecular weight is 265 g/mol. The molecule has 0 aromatic heterocycles. The van der Waals surface area contributed by atoms with Crippen LogP contribution in [0.5, 0.6) is 0 Å². The summed E-state index contributed by atoms with van der Waals surface area (Å²) in [5, 5.41) is 3.12. The van der Waals surface area contributed by atoms with E-state index < -0.39 is 0 Å². The highest BCUT2D eigenvalue weighted by molar-refractivity contribution is 5.74. The predicted molar refractivity (Wildman–Crippen MR) is 78.2 cm³/mol. The van der Waals surface area contributed by atoms with Gasteiger partial charge >= 0.3 is 6.03 Å². The molecule has 2 rings (SSSR count). The van der Waals surface area contributed by atoms with E-state index >= 15 is 0 Å². The number of likely N-dealkylation sites (tertiary alicyclic amines) is 1. The number of carbonyl (C=O) groups excluding carboxylic acids is 1. The van der Waals surface area contributed by atoms with Gasteiger partial charge in [0.05, 0.1) is 0 Å². The van der Waals surface area contributed by atoms with Crippen molar-refractivity contribution < 1.29 is 4.79 Å². The van der Waals surface area contributed by atoms with E-state index in [2.05, 4.69) is 36.5 Å². The second-order valence-electron chi connectivity index (χ2n) is 6.04. The van der Waals surface area contributed by atoms with Gasteiger partial charge in [-0.25, -0.2) is 4.79 Å². The number of hydrogen-bond donors (Lipinski definition) is 1. The maximum Gasteiger partial charge on any atom is 0.317 e. The van der Waals surface area contributed by atoms with Gasteiger partial charge in [-0.05, 0) is 52.1 Å². The molecule has 1 N–H and O–H groups in total. The first-order valence-electron chi connectivity index (χ1n) is 7.51. The van der Waals surface area contributed by atoms with Crippen LogP contribution < -0.4 is 5.32 Å². The molecule has 1 aliphatic heterocycles. The maximum atomic E-state index is 12.2. The molecule has 0 aromatic rings. The minimum absolute atomic E-state index is 0.126. The molecule has 2 atom stereocenters. The van der Waals surface area contributed by atoms with Crippen molar-refractivity contribution in [1.29, 1.82) is 0 Å². The Morgan fingerprint density at radius 3 is 2.89 bits per heavy atom. The van der Waals surface area contributed by atoms with Crippen molar-refractivity contribution in [2.24, 2.45) is 5.92 Å². The largest absolute Gasteiger partial charge is 0.338 e. The second kappa shape index (κ2) is 6.94. The summed E-state index contributed by atoms with van der Waals surface area (Å²) >= 11 is 0. The van der Waals surface area contributed by atoms with Crippen LogP contribution in [0.1, 0.15) is 32.1 Å². The highest BCUT2D eigenvalue weighted by Gasteiger charge is 2.25. The van der Waals surface area contributed by atoms with Gasteiger partial charge in [0.1, 0.15) is 0 Å². The average Bonchev–Trinajstić information content (AvgIpc) is 2.46. The van der Waals surface area contributed by atoms with Gasteiger partial charge in [0, 0.05) is 25.7 Å². The Labute approximate surface area is 116 Å². The zero-order chi connectivity index (χ0) is 13.7. The molecule has 19 heavy (non-hydrogen) atoms. The molecule has 1 aliphatic carbocycles. The van der Waals surface area contributed by atoms with Gasteiger partial charge in [-0.1, -0.05) is 12.2 Å². The van der Waals surface area contributed by atoms with Crippen LogP contribution in [0.15, 0.2) is 12.2 Å². The van der Waals surface area contributed by atoms with Crippen LogP contribution in [0.3, 0.4) is 0 Å².